The van der Waals surface area contributed by atoms with Crippen molar-refractivity contribution in [2.75, 3.05) is 19.0 Å². The summed E-state index contributed by atoms with van der Waals surface area (Å²) in [4.78, 5) is 25.4. The lowest BCUT2D eigenvalue weighted by Crippen LogP contribution is -2.60. The van der Waals surface area contributed by atoms with Crippen LogP contribution in [0.2, 0.25) is 0 Å². The summed E-state index contributed by atoms with van der Waals surface area (Å²) in [7, 11) is -4.61. The first-order valence-electron chi connectivity index (χ1n) is 23.2. The molecule has 0 radical (unpaired) electrons. The average molecular weight is 871 g/mol. The fourth-order valence-corrected chi connectivity index (χ4v) is 7.41. The van der Waals surface area contributed by atoms with Gasteiger partial charge in [-0.05, 0) is 70.6 Å². The second kappa shape index (κ2) is 37.2. The lowest BCUT2D eigenvalue weighted by atomic mass is 10.00. The lowest BCUT2D eigenvalue weighted by Gasteiger charge is -2.40. The van der Waals surface area contributed by atoms with E-state index in [2.05, 4.69) is 62.5 Å². The maximum atomic E-state index is 12.8. The van der Waals surface area contributed by atoms with Crippen molar-refractivity contribution >= 4 is 22.1 Å². The highest BCUT2D eigenvalue weighted by Gasteiger charge is 2.46. The third-order valence-corrected chi connectivity index (χ3v) is 11.1. The molecule has 0 aromatic carbocycles. The minimum atomic E-state index is -4.61. The zero-order valence-electron chi connectivity index (χ0n) is 37.1. The largest absolute Gasteiger partial charge is 0.462 e. The van der Waals surface area contributed by atoms with Gasteiger partial charge >= 0.3 is 11.9 Å². The quantitative estimate of drug-likeness (QED) is 0.0200. The zero-order valence-corrected chi connectivity index (χ0v) is 37.9. The predicted molar refractivity (Wildman–Crippen MR) is 238 cm³/mol. The van der Waals surface area contributed by atoms with E-state index in [4.69, 9.17) is 18.9 Å². The van der Waals surface area contributed by atoms with E-state index in [1.165, 1.54) is 70.6 Å². The molecule has 60 heavy (non-hydrogen) atoms. The molecule has 1 saturated heterocycles. The van der Waals surface area contributed by atoms with Crippen molar-refractivity contribution in [3.05, 3.63) is 48.6 Å². The molecule has 0 amide bonds. The van der Waals surface area contributed by atoms with Crippen molar-refractivity contribution in [3.8, 4) is 0 Å². The number of aliphatic hydroxyl groups excluding tert-OH is 3. The molecular weight excluding hydrogens is 789 g/mol. The van der Waals surface area contributed by atoms with E-state index >= 15 is 0 Å². The molecular formula is C47H82O12S. The molecule has 1 fully saturated rings. The van der Waals surface area contributed by atoms with Gasteiger partial charge in [0.25, 0.3) is 10.1 Å². The van der Waals surface area contributed by atoms with Crippen LogP contribution in [0.5, 0.6) is 0 Å². The van der Waals surface area contributed by atoms with Gasteiger partial charge in [0.1, 0.15) is 36.8 Å². The van der Waals surface area contributed by atoms with Crippen LogP contribution < -0.4 is 0 Å². The molecule has 0 bridgehead atoms. The second-order valence-electron chi connectivity index (χ2n) is 16.1. The van der Waals surface area contributed by atoms with Crippen LogP contribution in [0.1, 0.15) is 181 Å². The average Bonchev–Trinajstić information content (AvgIpc) is 3.21. The van der Waals surface area contributed by atoms with Gasteiger partial charge in [-0.1, -0.05) is 146 Å². The first kappa shape index (κ1) is 55.6. The molecule has 12 nitrogen and oxygen atoms in total. The normalized spacial score (nSPS) is 20.5. The van der Waals surface area contributed by atoms with E-state index in [9.17, 15) is 37.9 Å². The summed E-state index contributed by atoms with van der Waals surface area (Å²) >= 11 is 0. The Morgan fingerprint density at radius 2 is 1.02 bits per heavy atom. The van der Waals surface area contributed by atoms with Gasteiger partial charge in [-0.25, -0.2) is 0 Å². The third kappa shape index (κ3) is 31.5. The summed E-state index contributed by atoms with van der Waals surface area (Å²) in [6, 6.07) is 0. The number of unbranched alkanes of at least 4 members (excludes halogenated alkanes) is 18. The van der Waals surface area contributed by atoms with E-state index in [-0.39, 0.29) is 19.4 Å². The van der Waals surface area contributed by atoms with Crippen LogP contribution in [0.4, 0.5) is 0 Å². The number of hydrogen-bond donors (Lipinski definition) is 4. The van der Waals surface area contributed by atoms with Crippen LogP contribution in [0.15, 0.2) is 48.6 Å². The molecule has 0 aromatic heterocycles. The minimum absolute atomic E-state index is 0.156. The predicted octanol–water partition coefficient (Wildman–Crippen LogP) is 9.56. The van der Waals surface area contributed by atoms with Crippen LogP contribution >= 0.6 is 0 Å². The molecule has 1 rings (SSSR count). The number of rotatable bonds is 38. The zero-order chi connectivity index (χ0) is 44.1. The molecule has 2 unspecified atom stereocenters. The van der Waals surface area contributed by atoms with Gasteiger partial charge in [0.15, 0.2) is 12.4 Å². The Morgan fingerprint density at radius 3 is 1.55 bits per heavy atom. The Morgan fingerprint density at radius 1 is 0.567 bits per heavy atom. The molecule has 13 heteroatoms. The van der Waals surface area contributed by atoms with Gasteiger partial charge in [-0.2, -0.15) is 8.42 Å². The summed E-state index contributed by atoms with van der Waals surface area (Å²) in [5.74, 6) is -2.02. The van der Waals surface area contributed by atoms with Crippen molar-refractivity contribution in [2.24, 2.45) is 0 Å². The third-order valence-electron chi connectivity index (χ3n) is 10.4. The second-order valence-corrected chi connectivity index (χ2v) is 17.6. The molecule has 6 atom stereocenters. The molecule has 0 spiro atoms. The number of aliphatic hydroxyl groups is 3. The Balaban J connectivity index is 2.45. The molecule has 4 N–H and O–H groups in total. The summed E-state index contributed by atoms with van der Waals surface area (Å²) < 4.78 is 54.1. The number of ether oxygens (including phenoxy) is 4. The van der Waals surface area contributed by atoms with Gasteiger partial charge in [0, 0.05) is 12.8 Å². The van der Waals surface area contributed by atoms with Gasteiger partial charge in [-0.15, -0.1) is 0 Å². The Kier molecular flexibility index (Phi) is 34.5. The van der Waals surface area contributed by atoms with Crippen LogP contribution in [0.25, 0.3) is 0 Å². The highest BCUT2D eigenvalue weighted by Crippen LogP contribution is 2.24. The van der Waals surface area contributed by atoms with Crippen molar-refractivity contribution in [2.45, 2.75) is 218 Å². The van der Waals surface area contributed by atoms with Crippen molar-refractivity contribution < 1.29 is 56.8 Å². The van der Waals surface area contributed by atoms with E-state index in [0.29, 0.717) is 12.8 Å². The number of carbonyl (C=O) groups is 2. The van der Waals surface area contributed by atoms with Crippen LogP contribution in [0, 0.1) is 0 Å². The SMILES string of the molecule is CCCC/C=C/CCCCCCCCCCCC(=O)O[C@H](COC(=O)CCCCCC/C=C/C/C=C/C/C=C/CCCCC)CO[C@H]1O[C@H](CS(=O)(=O)O)[C@@H](O)C(O)C1O. The molecule has 0 aromatic rings. The monoisotopic (exact) mass is 871 g/mol. The molecule has 1 heterocycles. The summed E-state index contributed by atoms with van der Waals surface area (Å²) in [5.41, 5.74) is 0. The number of esters is 2. The van der Waals surface area contributed by atoms with Crippen LogP contribution in [0.3, 0.4) is 0 Å². The maximum absolute atomic E-state index is 12.8. The topological polar surface area (TPSA) is 186 Å². The molecule has 0 saturated carbocycles. The maximum Gasteiger partial charge on any atom is 0.306 e. The lowest BCUT2D eigenvalue weighted by molar-refractivity contribution is -0.297. The highest BCUT2D eigenvalue weighted by molar-refractivity contribution is 7.85. The van der Waals surface area contributed by atoms with E-state index in [1.807, 2.05) is 0 Å². The van der Waals surface area contributed by atoms with E-state index in [0.717, 1.165) is 70.6 Å². The van der Waals surface area contributed by atoms with E-state index < -0.39 is 71.2 Å². The smallest absolute Gasteiger partial charge is 0.306 e. The highest BCUT2D eigenvalue weighted by atomic mass is 32.2. The summed E-state index contributed by atoms with van der Waals surface area (Å²) in [5, 5.41) is 30.9. The minimum Gasteiger partial charge on any atom is -0.462 e. The summed E-state index contributed by atoms with van der Waals surface area (Å²) in [6.45, 7) is 3.68. The van der Waals surface area contributed by atoms with E-state index in [1.54, 1.807) is 0 Å². The number of allylic oxidation sites excluding steroid dienone is 8. The molecule has 1 aliphatic rings. The standard InChI is InChI=1S/C47H82O12S/c1-3-5-7-9-11-13-15-17-19-20-22-23-25-27-29-31-33-35-42(48)56-37-40(38-57-47-46(52)45(51)44(50)41(59-47)39-60(53,54)55)58-43(49)36-34-32-30-28-26-24-21-18-16-14-12-10-8-6-4-2/h10-13,17,19,22-23,40-41,44-47,50-52H,3-9,14-16,18,20-21,24-39H2,1-2H3,(H,53,54,55)/b12-10+,13-11+,19-17+,23-22+/t40-,41-,44-,45?,46?,47+/m1/s1. The van der Waals surface area contributed by atoms with Gasteiger partial charge in [0.2, 0.25) is 0 Å². The fourth-order valence-electron chi connectivity index (χ4n) is 6.72. The molecule has 348 valence electrons. The first-order chi connectivity index (χ1) is 29.0. The molecule has 1 aliphatic heterocycles. The summed E-state index contributed by atoms with van der Waals surface area (Å²) in [6.07, 6.45) is 34.3. The van der Waals surface area contributed by atoms with Crippen molar-refractivity contribution in [1.29, 1.82) is 0 Å². The van der Waals surface area contributed by atoms with Gasteiger partial charge in [0.05, 0.1) is 6.61 Å². The van der Waals surface area contributed by atoms with Gasteiger partial charge < -0.3 is 34.3 Å². The number of carbonyl (C=O) groups excluding carboxylic acids is 2. The Labute approximate surface area is 363 Å². The van der Waals surface area contributed by atoms with Crippen LogP contribution in [-0.2, 0) is 38.7 Å². The van der Waals surface area contributed by atoms with Crippen molar-refractivity contribution in [3.63, 3.8) is 0 Å². The van der Waals surface area contributed by atoms with Crippen LogP contribution in [-0.4, -0.2) is 96.0 Å². The molecule has 0 aliphatic carbocycles. The van der Waals surface area contributed by atoms with Crippen molar-refractivity contribution in [1.82, 2.24) is 0 Å². The Bertz CT molecular complexity index is 1300. The first-order valence-corrected chi connectivity index (χ1v) is 24.8. The number of hydrogen-bond acceptors (Lipinski definition) is 11. The Hall–Kier alpha value is -2.39. The van der Waals surface area contributed by atoms with Gasteiger partial charge in [-0.3, -0.25) is 14.1 Å². The fraction of sp³-hybridized carbons (Fsp3) is 0.787.